The molecular weight excluding hydrogens is 200 g/mol. The second-order valence-electron chi connectivity index (χ2n) is 2.79. The van der Waals surface area contributed by atoms with Gasteiger partial charge < -0.3 is 17.5 Å². The van der Waals surface area contributed by atoms with Gasteiger partial charge in [-0.3, -0.25) is 0 Å². The minimum absolute atomic E-state index is 0. The average molecular weight is 207 g/mol. The molecule has 0 aliphatic carbocycles. The lowest BCUT2D eigenvalue weighted by Crippen LogP contribution is -3.00. The van der Waals surface area contributed by atoms with Crippen LogP contribution in [-0.2, 0) is 0 Å². The van der Waals surface area contributed by atoms with Gasteiger partial charge in [0.15, 0.2) is 4.98 Å². The lowest BCUT2D eigenvalue weighted by Gasteiger charge is -1.94. The Morgan fingerprint density at radius 1 is 1.07 bits per heavy atom. The minimum Gasteiger partial charge on any atom is -1.00 e. The summed E-state index contributed by atoms with van der Waals surface area (Å²) in [6.07, 6.45) is 0. The van der Waals surface area contributed by atoms with E-state index in [9.17, 15) is 5.11 Å². The lowest BCUT2D eigenvalue weighted by molar-refractivity contribution is -0.00000377. The van der Waals surface area contributed by atoms with Crippen LogP contribution in [0.15, 0.2) is 36.4 Å². The maximum absolute atomic E-state index is 9.35. The van der Waals surface area contributed by atoms with Crippen molar-refractivity contribution in [1.82, 2.24) is 0 Å². The predicted octanol–water partition coefficient (Wildman–Crippen LogP) is 0.0340. The number of phenolic OH excluding ortho intramolecular Hbond substituents is 1. The number of hydrogen-bond acceptors (Lipinski definition) is 2. The summed E-state index contributed by atoms with van der Waals surface area (Å²) in [7, 11) is 0. The molecule has 4 heteroatoms. The van der Waals surface area contributed by atoms with Gasteiger partial charge in [0.1, 0.15) is 0 Å². The molecule has 14 heavy (non-hydrogen) atoms. The lowest BCUT2D eigenvalue weighted by atomic mass is 10.1. The Bertz CT molecular complexity index is 505. The normalized spacial score (nSPS) is 9.07. The van der Waals surface area contributed by atoms with E-state index in [0.29, 0.717) is 0 Å². The van der Waals surface area contributed by atoms with Crippen LogP contribution in [0.5, 0.6) is 5.75 Å². The molecule has 0 unspecified atom stereocenters. The first kappa shape index (κ1) is 10.3. The van der Waals surface area contributed by atoms with Crippen molar-refractivity contribution in [3.63, 3.8) is 0 Å². The summed E-state index contributed by atoms with van der Waals surface area (Å²) in [5, 5.41) is 19.8. The summed E-state index contributed by atoms with van der Waals surface area (Å²) in [5.41, 5.74) is 0.193. The molecule has 2 aromatic carbocycles. The molecule has 0 amide bonds. The molecule has 2 rings (SSSR count). The van der Waals surface area contributed by atoms with Crippen molar-refractivity contribution in [2.75, 3.05) is 0 Å². The van der Waals surface area contributed by atoms with Crippen LogP contribution in [0.2, 0.25) is 0 Å². The quantitative estimate of drug-likeness (QED) is 0.619. The number of rotatable bonds is 0. The number of phenols is 1. The van der Waals surface area contributed by atoms with Gasteiger partial charge >= 0.3 is 5.69 Å². The van der Waals surface area contributed by atoms with Gasteiger partial charge in [0.05, 0.1) is 0 Å². The summed E-state index contributed by atoms with van der Waals surface area (Å²) in [5.74, 6) is -0.0128. The van der Waals surface area contributed by atoms with Crippen molar-refractivity contribution in [3.05, 3.63) is 41.4 Å². The second kappa shape index (κ2) is 3.95. The van der Waals surface area contributed by atoms with Gasteiger partial charge in [-0.15, -0.1) is 0 Å². The minimum atomic E-state index is -0.0128. The van der Waals surface area contributed by atoms with E-state index in [1.807, 2.05) is 24.3 Å². The number of benzene rings is 2. The largest absolute Gasteiger partial charge is 1.00 e. The van der Waals surface area contributed by atoms with Crippen molar-refractivity contribution in [1.29, 1.82) is 5.39 Å². The highest BCUT2D eigenvalue weighted by Crippen LogP contribution is 2.31. The molecule has 0 aliphatic heterocycles. The van der Waals surface area contributed by atoms with E-state index in [2.05, 4.69) is 4.98 Å². The van der Waals surface area contributed by atoms with Crippen LogP contribution in [0.4, 0.5) is 5.69 Å². The Morgan fingerprint density at radius 3 is 2.21 bits per heavy atom. The molecule has 1 N–H and O–H groups in total. The van der Waals surface area contributed by atoms with E-state index >= 15 is 0 Å². The Kier molecular flexibility index (Phi) is 2.90. The average Bonchev–Trinajstić information content (AvgIpc) is 2.17. The number of fused-ring (bicyclic) bond motifs is 1. The fraction of sp³-hybridized carbons (Fsp3) is 0. The first-order valence-corrected chi connectivity index (χ1v) is 3.88. The molecule has 0 fully saturated rings. The van der Waals surface area contributed by atoms with Crippen LogP contribution in [0.3, 0.4) is 0 Å². The molecular formula is C10H7ClN2O. The highest BCUT2D eigenvalue weighted by molar-refractivity contribution is 5.88. The van der Waals surface area contributed by atoms with Gasteiger partial charge in [-0.1, -0.05) is 24.3 Å². The van der Waals surface area contributed by atoms with Crippen LogP contribution in [0.1, 0.15) is 0 Å². The smallest absolute Gasteiger partial charge is 0.426 e. The van der Waals surface area contributed by atoms with Crippen molar-refractivity contribution >= 4 is 16.5 Å². The maximum atomic E-state index is 9.35. The third-order valence-corrected chi connectivity index (χ3v) is 1.95. The Labute approximate surface area is 87.0 Å². The van der Waals surface area contributed by atoms with Crippen molar-refractivity contribution in [3.8, 4) is 5.75 Å². The summed E-state index contributed by atoms with van der Waals surface area (Å²) in [4.78, 5) is 2.97. The van der Waals surface area contributed by atoms with Crippen molar-refractivity contribution in [2.45, 2.75) is 0 Å². The first-order valence-electron chi connectivity index (χ1n) is 3.88. The molecule has 3 nitrogen and oxygen atoms in total. The molecule has 0 heterocycles. The second-order valence-corrected chi connectivity index (χ2v) is 2.79. The van der Waals surface area contributed by atoms with Crippen LogP contribution in [0, 0.1) is 5.39 Å². The maximum Gasteiger partial charge on any atom is 0.426 e. The van der Waals surface area contributed by atoms with Gasteiger partial charge in [0, 0.05) is 6.07 Å². The molecule has 0 atom stereocenters. The Morgan fingerprint density at radius 2 is 1.64 bits per heavy atom. The highest BCUT2D eigenvalue weighted by atomic mass is 35.5. The number of diazo groups is 1. The SMILES string of the molecule is N#[N+]c1cc2ccccc2cc1O.[Cl-]. The van der Waals surface area contributed by atoms with E-state index in [1.54, 1.807) is 12.1 Å². The van der Waals surface area contributed by atoms with Crippen molar-refractivity contribution in [2.24, 2.45) is 0 Å². The first-order chi connectivity index (χ1) is 6.31. The topological polar surface area (TPSA) is 48.4 Å². The van der Waals surface area contributed by atoms with E-state index in [1.165, 1.54) is 0 Å². The number of aromatic hydroxyl groups is 1. The number of nitrogens with zero attached hydrogens (tertiary/aromatic N) is 2. The molecule has 0 aromatic heterocycles. The number of hydrogen-bond donors (Lipinski definition) is 1. The molecule has 0 saturated carbocycles. The van der Waals surface area contributed by atoms with Gasteiger partial charge in [0.2, 0.25) is 11.1 Å². The third-order valence-electron chi connectivity index (χ3n) is 1.95. The van der Waals surface area contributed by atoms with Gasteiger partial charge in [-0.2, -0.15) is 0 Å². The van der Waals surface area contributed by atoms with E-state index in [-0.39, 0.29) is 23.8 Å². The summed E-state index contributed by atoms with van der Waals surface area (Å²) >= 11 is 0. The van der Waals surface area contributed by atoms with Gasteiger partial charge in [-0.05, 0) is 16.8 Å². The van der Waals surface area contributed by atoms with Crippen LogP contribution in [-0.4, -0.2) is 5.11 Å². The zero-order chi connectivity index (χ0) is 9.26. The Hall–Kier alpha value is -1.79. The van der Waals surface area contributed by atoms with Crippen molar-refractivity contribution < 1.29 is 17.5 Å². The summed E-state index contributed by atoms with van der Waals surface area (Å²) in [6.45, 7) is 0. The van der Waals surface area contributed by atoms with E-state index in [0.717, 1.165) is 10.8 Å². The molecule has 0 bridgehead atoms. The summed E-state index contributed by atoms with van der Waals surface area (Å²) < 4.78 is 0. The Balaban J connectivity index is 0.000000980. The predicted molar refractivity (Wildman–Crippen MR) is 50.4 cm³/mol. The van der Waals surface area contributed by atoms with Crippen LogP contribution in [0.25, 0.3) is 15.7 Å². The van der Waals surface area contributed by atoms with Gasteiger partial charge in [-0.25, -0.2) is 0 Å². The zero-order valence-electron chi connectivity index (χ0n) is 7.18. The molecule has 0 radical (unpaired) electrons. The monoisotopic (exact) mass is 206 g/mol. The van der Waals surface area contributed by atoms with E-state index < -0.39 is 0 Å². The molecule has 0 spiro atoms. The fourth-order valence-corrected chi connectivity index (χ4v) is 1.30. The van der Waals surface area contributed by atoms with Crippen LogP contribution >= 0.6 is 0 Å². The van der Waals surface area contributed by atoms with E-state index in [4.69, 9.17) is 5.39 Å². The highest BCUT2D eigenvalue weighted by Gasteiger charge is 2.13. The molecule has 0 saturated heterocycles. The zero-order valence-corrected chi connectivity index (χ0v) is 7.94. The fourth-order valence-electron chi connectivity index (χ4n) is 1.30. The third kappa shape index (κ3) is 1.61. The molecule has 70 valence electrons. The van der Waals surface area contributed by atoms with Gasteiger partial charge in [0.25, 0.3) is 0 Å². The van der Waals surface area contributed by atoms with Crippen LogP contribution < -0.4 is 12.4 Å². The molecule has 2 aromatic rings. The standard InChI is InChI=1S/C10H6N2O.ClH/c11-12-9-5-7-3-1-2-4-8(7)6-10(9)13;/h1-6H;1H. The summed E-state index contributed by atoms with van der Waals surface area (Å²) in [6, 6.07) is 10.8. The molecule has 0 aliphatic rings. The number of halogens is 1.